The molecule has 0 saturated carbocycles. The summed E-state index contributed by atoms with van der Waals surface area (Å²) < 4.78 is 11.0. The first-order valence-electron chi connectivity index (χ1n) is 6.80. The van der Waals surface area contributed by atoms with Crippen LogP contribution in [0, 0.1) is 0 Å². The topological polar surface area (TPSA) is 18.5 Å². The van der Waals surface area contributed by atoms with Crippen molar-refractivity contribution in [1.82, 2.24) is 0 Å². The molecule has 2 heteroatoms. The lowest BCUT2D eigenvalue weighted by Crippen LogP contribution is -1.97. The van der Waals surface area contributed by atoms with Crippen molar-refractivity contribution in [3.05, 3.63) is 12.2 Å². The van der Waals surface area contributed by atoms with Crippen molar-refractivity contribution in [2.45, 2.75) is 51.4 Å². The van der Waals surface area contributed by atoms with Crippen LogP contribution in [0.5, 0.6) is 0 Å². The summed E-state index contributed by atoms with van der Waals surface area (Å²) in [5, 5.41) is 0. The van der Waals surface area contributed by atoms with E-state index < -0.39 is 0 Å². The zero-order valence-corrected chi connectivity index (χ0v) is 10.5. The first-order chi connectivity index (χ1) is 8.00. The number of hydrogen-bond donors (Lipinski definition) is 0. The molecular weight excluding hydrogens is 200 g/mol. The Morgan fingerprint density at radius 2 is 0.875 bits per heavy atom. The largest absolute Gasteiger partial charge is 0.377 e. The third kappa shape index (κ3) is 8.93. The Morgan fingerprint density at radius 3 is 1.31 bits per heavy atom. The highest BCUT2D eigenvalue weighted by Crippen LogP contribution is 2.08. The third-order valence-electron chi connectivity index (χ3n) is 2.92. The standard InChI is InChI=1S/C14H26O2/c1-2-4-6-8-12-16-14-10-9-13-15-11-7-5-3-1/h9-10H,1-8,11-14H2/b10-9+. The summed E-state index contributed by atoms with van der Waals surface area (Å²) >= 11 is 0. The Kier molecular flexibility index (Phi) is 9.57. The van der Waals surface area contributed by atoms with Crippen LogP contribution in [-0.2, 0) is 9.47 Å². The third-order valence-corrected chi connectivity index (χ3v) is 2.92. The minimum absolute atomic E-state index is 0.739. The number of ether oxygens (including phenoxy) is 2. The molecule has 0 aromatic rings. The normalized spacial score (nSPS) is 25.0. The average Bonchev–Trinajstić information content (AvgIpc) is 2.29. The molecule has 1 heterocycles. The second-order valence-corrected chi connectivity index (χ2v) is 4.45. The maximum atomic E-state index is 5.49. The van der Waals surface area contributed by atoms with E-state index in [1.165, 1.54) is 51.4 Å². The van der Waals surface area contributed by atoms with Gasteiger partial charge in [0.2, 0.25) is 0 Å². The van der Waals surface area contributed by atoms with Gasteiger partial charge in [-0.3, -0.25) is 0 Å². The molecule has 0 fully saturated rings. The zero-order chi connectivity index (χ0) is 11.3. The molecule has 0 N–H and O–H groups in total. The predicted molar refractivity (Wildman–Crippen MR) is 67.7 cm³/mol. The fourth-order valence-electron chi connectivity index (χ4n) is 1.91. The van der Waals surface area contributed by atoms with Crippen LogP contribution in [0.15, 0.2) is 12.2 Å². The van der Waals surface area contributed by atoms with E-state index in [1.807, 2.05) is 0 Å². The molecule has 0 atom stereocenters. The zero-order valence-electron chi connectivity index (χ0n) is 10.5. The molecule has 1 aliphatic heterocycles. The van der Waals surface area contributed by atoms with Crippen molar-refractivity contribution in [2.24, 2.45) is 0 Å². The van der Waals surface area contributed by atoms with Gasteiger partial charge in [-0.2, -0.15) is 0 Å². The van der Waals surface area contributed by atoms with Crippen LogP contribution in [0.4, 0.5) is 0 Å². The molecule has 0 unspecified atom stereocenters. The first kappa shape index (κ1) is 13.7. The summed E-state index contributed by atoms with van der Waals surface area (Å²) in [6.07, 6.45) is 14.7. The first-order valence-corrected chi connectivity index (χ1v) is 6.80. The van der Waals surface area contributed by atoms with Crippen molar-refractivity contribution in [2.75, 3.05) is 26.4 Å². The molecule has 94 valence electrons. The van der Waals surface area contributed by atoms with Crippen molar-refractivity contribution in [3.63, 3.8) is 0 Å². The van der Waals surface area contributed by atoms with Gasteiger partial charge < -0.3 is 9.47 Å². The lowest BCUT2D eigenvalue weighted by Gasteiger charge is -2.05. The minimum atomic E-state index is 0.739. The molecule has 2 nitrogen and oxygen atoms in total. The molecule has 0 bridgehead atoms. The Hall–Kier alpha value is -0.340. The second kappa shape index (κ2) is 11.2. The highest BCUT2D eigenvalue weighted by atomic mass is 16.5. The van der Waals surface area contributed by atoms with Crippen molar-refractivity contribution >= 4 is 0 Å². The van der Waals surface area contributed by atoms with Crippen molar-refractivity contribution in [1.29, 1.82) is 0 Å². The Balaban J connectivity index is 2.07. The molecule has 1 rings (SSSR count). The second-order valence-electron chi connectivity index (χ2n) is 4.45. The fourth-order valence-corrected chi connectivity index (χ4v) is 1.91. The van der Waals surface area contributed by atoms with E-state index in [-0.39, 0.29) is 0 Å². The molecule has 16 heavy (non-hydrogen) atoms. The van der Waals surface area contributed by atoms with Crippen LogP contribution >= 0.6 is 0 Å². The number of rotatable bonds is 0. The number of hydrogen-bond acceptors (Lipinski definition) is 2. The smallest absolute Gasteiger partial charge is 0.0648 e. The molecule has 0 spiro atoms. The summed E-state index contributed by atoms with van der Waals surface area (Å²) in [4.78, 5) is 0. The Morgan fingerprint density at radius 1 is 0.500 bits per heavy atom. The molecule has 0 aromatic heterocycles. The van der Waals surface area contributed by atoms with Crippen LogP contribution in [0.1, 0.15) is 51.4 Å². The highest BCUT2D eigenvalue weighted by molar-refractivity contribution is 4.81. The van der Waals surface area contributed by atoms with Crippen LogP contribution in [0.25, 0.3) is 0 Å². The van der Waals surface area contributed by atoms with E-state index in [0.717, 1.165) is 26.4 Å². The van der Waals surface area contributed by atoms with Crippen LogP contribution in [0.2, 0.25) is 0 Å². The summed E-state index contributed by atoms with van der Waals surface area (Å²) in [5.74, 6) is 0. The van der Waals surface area contributed by atoms with Crippen LogP contribution in [0.3, 0.4) is 0 Å². The summed E-state index contributed by atoms with van der Waals surface area (Å²) in [5.41, 5.74) is 0. The quantitative estimate of drug-likeness (QED) is 0.586. The summed E-state index contributed by atoms with van der Waals surface area (Å²) in [6, 6.07) is 0. The molecular formula is C14H26O2. The lowest BCUT2D eigenvalue weighted by molar-refractivity contribution is 0.148. The maximum absolute atomic E-state index is 5.49. The molecule has 0 amide bonds. The van der Waals surface area contributed by atoms with Gasteiger partial charge in [-0.05, 0) is 12.8 Å². The van der Waals surface area contributed by atoms with E-state index >= 15 is 0 Å². The van der Waals surface area contributed by atoms with Gasteiger partial charge >= 0.3 is 0 Å². The van der Waals surface area contributed by atoms with Gasteiger partial charge in [0.1, 0.15) is 0 Å². The summed E-state index contributed by atoms with van der Waals surface area (Å²) in [7, 11) is 0. The van der Waals surface area contributed by atoms with Gasteiger partial charge in [0, 0.05) is 13.2 Å². The van der Waals surface area contributed by atoms with E-state index in [1.54, 1.807) is 0 Å². The highest BCUT2D eigenvalue weighted by Gasteiger charge is 1.94. The van der Waals surface area contributed by atoms with Crippen LogP contribution in [-0.4, -0.2) is 26.4 Å². The van der Waals surface area contributed by atoms with E-state index in [4.69, 9.17) is 9.47 Å². The van der Waals surface area contributed by atoms with Gasteiger partial charge in [0.25, 0.3) is 0 Å². The van der Waals surface area contributed by atoms with Gasteiger partial charge in [-0.15, -0.1) is 0 Å². The Labute approximate surface area is 100 Å². The molecule has 0 aromatic carbocycles. The fraction of sp³-hybridized carbons (Fsp3) is 0.857. The summed E-state index contributed by atoms with van der Waals surface area (Å²) in [6.45, 7) is 3.29. The van der Waals surface area contributed by atoms with Gasteiger partial charge in [-0.1, -0.05) is 50.7 Å². The van der Waals surface area contributed by atoms with E-state index in [0.29, 0.717) is 0 Å². The van der Waals surface area contributed by atoms with Crippen LogP contribution < -0.4 is 0 Å². The Bertz CT molecular complexity index is 148. The van der Waals surface area contributed by atoms with Gasteiger partial charge in [0.05, 0.1) is 13.2 Å². The monoisotopic (exact) mass is 226 g/mol. The van der Waals surface area contributed by atoms with Crippen molar-refractivity contribution in [3.8, 4) is 0 Å². The molecule has 0 aliphatic carbocycles. The predicted octanol–water partition coefficient (Wildman–Crippen LogP) is 3.71. The minimum Gasteiger partial charge on any atom is -0.377 e. The maximum Gasteiger partial charge on any atom is 0.0648 e. The van der Waals surface area contributed by atoms with Gasteiger partial charge in [-0.25, -0.2) is 0 Å². The lowest BCUT2D eigenvalue weighted by atomic mass is 10.1. The van der Waals surface area contributed by atoms with Gasteiger partial charge in [0.15, 0.2) is 0 Å². The average molecular weight is 226 g/mol. The molecule has 1 aliphatic rings. The molecule has 0 saturated heterocycles. The van der Waals surface area contributed by atoms with E-state index in [2.05, 4.69) is 12.2 Å². The SMILES string of the molecule is C1=C/COCCCCCCCCCCOC/1. The van der Waals surface area contributed by atoms with Crippen molar-refractivity contribution < 1.29 is 9.47 Å². The van der Waals surface area contributed by atoms with E-state index in [9.17, 15) is 0 Å². The molecule has 0 radical (unpaired) electrons.